The summed E-state index contributed by atoms with van der Waals surface area (Å²) in [6, 6.07) is 8.20. The number of hydrazine groups is 1. The maximum Gasteiger partial charge on any atom is 0.213 e. The van der Waals surface area contributed by atoms with Gasteiger partial charge in [-0.1, -0.05) is 19.1 Å². The predicted octanol–water partition coefficient (Wildman–Crippen LogP) is 0.367. The van der Waals surface area contributed by atoms with E-state index in [4.69, 9.17) is 5.73 Å². The maximum absolute atomic E-state index is 5.53. The second-order valence-corrected chi connectivity index (χ2v) is 3.37. The Kier molecular flexibility index (Phi) is 2.84. The molecule has 1 aromatic rings. The summed E-state index contributed by atoms with van der Waals surface area (Å²) in [4.78, 5) is 4.10. The molecule has 0 spiro atoms. The summed E-state index contributed by atoms with van der Waals surface area (Å²) >= 11 is 0. The lowest BCUT2D eigenvalue weighted by Gasteiger charge is -2.07. The van der Waals surface area contributed by atoms with Crippen LogP contribution in [0, 0.1) is 0 Å². The van der Waals surface area contributed by atoms with Crippen LogP contribution in [-0.2, 0) is 6.42 Å². The highest BCUT2D eigenvalue weighted by molar-refractivity contribution is 5.94. The normalized spacial score (nSPS) is 19.6. The first-order valence-corrected chi connectivity index (χ1v) is 4.99. The molecule has 15 heavy (non-hydrogen) atoms. The summed E-state index contributed by atoms with van der Waals surface area (Å²) in [5.74, 6) is 0.649. The molecule has 1 heterocycles. The van der Waals surface area contributed by atoms with Crippen LogP contribution in [0.3, 0.4) is 0 Å². The van der Waals surface area contributed by atoms with Crippen LogP contribution < -0.4 is 21.9 Å². The van der Waals surface area contributed by atoms with E-state index >= 15 is 0 Å². The molecule has 5 nitrogen and oxygen atoms in total. The quantitative estimate of drug-likeness (QED) is 0.562. The van der Waals surface area contributed by atoms with E-state index < -0.39 is 0 Å². The Bertz CT molecular complexity index is 374. The van der Waals surface area contributed by atoms with Crippen LogP contribution in [0.4, 0.5) is 5.69 Å². The minimum Gasteiger partial charge on any atom is -0.325 e. The second kappa shape index (κ2) is 4.29. The van der Waals surface area contributed by atoms with Gasteiger partial charge in [0.1, 0.15) is 0 Å². The monoisotopic (exact) mass is 205 g/mol. The molecule has 1 aliphatic rings. The van der Waals surface area contributed by atoms with Crippen molar-refractivity contribution in [1.82, 2.24) is 10.9 Å². The lowest BCUT2D eigenvalue weighted by molar-refractivity contribution is 0.567. The summed E-state index contributed by atoms with van der Waals surface area (Å²) in [5, 5.41) is 3.14. The number of hydrogen-bond acceptors (Lipinski definition) is 5. The van der Waals surface area contributed by atoms with E-state index in [1.165, 1.54) is 5.56 Å². The Morgan fingerprint density at radius 3 is 3.07 bits per heavy atom. The van der Waals surface area contributed by atoms with Crippen molar-refractivity contribution in [1.29, 1.82) is 0 Å². The minimum absolute atomic E-state index is 0.373. The highest BCUT2D eigenvalue weighted by atomic mass is 15.6. The zero-order valence-corrected chi connectivity index (χ0v) is 8.62. The van der Waals surface area contributed by atoms with Crippen LogP contribution in [-0.4, -0.2) is 12.2 Å². The number of guanidine groups is 1. The van der Waals surface area contributed by atoms with Crippen molar-refractivity contribution in [2.75, 3.05) is 5.32 Å². The number of benzene rings is 1. The van der Waals surface area contributed by atoms with Crippen molar-refractivity contribution >= 4 is 11.6 Å². The molecular formula is C10H15N5. The molecule has 5 heteroatoms. The molecule has 1 unspecified atom stereocenters. The van der Waals surface area contributed by atoms with Gasteiger partial charge in [0.25, 0.3) is 0 Å². The molecule has 0 aromatic heterocycles. The van der Waals surface area contributed by atoms with Gasteiger partial charge < -0.3 is 5.32 Å². The largest absolute Gasteiger partial charge is 0.325 e. The van der Waals surface area contributed by atoms with Gasteiger partial charge in [0.05, 0.1) is 0 Å². The molecule has 0 fully saturated rings. The SMILES string of the molecule is CCc1cccc(NC2=NC(N)NN2)c1. The third kappa shape index (κ3) is 2.45. The average molecular weight is 205 g/mol. The Morgan fingerprint density at radius 2 is 2.40 bits per heavy atom. The van der Waals surface area contributed by atoms with Gasteiger partial charge >= 0.3 is 0 Å². The van der Waals surface area contributed by atoms with Crippen molar-refractivity contribution < 1.29 is 0 Å². The molecule has 80 valence electrons. The molecule has 0 radical (unpaired) electrons. The molecule has 0 bridgehead atoms. The van der Waals surface area contributed by atoms with E-state index in [1.807, 2.05) is 12.1 Å². The zero-order valence-electron chi connectivity index (χ0n) is 8.62. The fourth-order valence-electron chi connectivity index (χ4n) is 1.42. The van der Waals surface area contributed by atoms with Gasteiger partial charge in [-0.25, -0.2) is 4.99 Å². The first kappa shape index (κ1) is 9.95. The van der Waals surface area contributed by atoms with E-state index in [2.05, 4.69) is 40.2 Å². The van der Waals surface area contributed by atoms with Gasteiger partial charge in [-0.15, -0.1) is 0 Å². The van der Waals surface area contributed by atoms with Crippen molar-refractivity contribution in [3.05, 3.63) is 29.8 Å². The van der Waals surface area contributed by atoms with Crippen LogP contribution in [0.2, 0.25) is 0 Å². The highest BCUT2D eigenvalue weighted by Gasteiger charge is 2.10. The van der Waals surface area contributed by atoms with Crippen LogP contribution >= 0.6 is 0 Å². The van der Waals surface area contributed by atoms with E-state index in [9.17, 15) is 0 Å². The topological polar surface area (TPSA) is 74.5 Å². The molecule has 0 aliphatic carbocycles. The van der Waals surface area contributed by atoms with Crippen molar-refractivity contribution in [2.45, 2.75) is 19.6 Å². The molecule has 1 aromatic carbocycles. The van der Waals surface area contributed by atoms with Crippen molar-refractivity contribution in [3.63, 3.8) is 0 Å². The number of nitrogens with zero attached hydrogens (tertiary/aromatic N) is 1. The van der Waals surface area contributed by atoms with Gasteiger partial charge in [0, 0.05) is 5.69 Å². The van der Waals surface area contributed by atoms with E-state index in [1.54, 1.807) is 0 Å². The smallest absolute Gasteiger partial charge is 0.213 e. The van der Waals surface area contributed by atoms with E-state index in [0.717, 1.165) is 12.1 Å². The predicted molar refractivity (Wildman–Crippen MR) is 61.1 cm³/mol. The summed E-state index contributed by atoms with van der Waals surface area (Å²) in [5.41, 5.74) is 13.5. The van der Waals surface area contributed by atoms with Crippen LogP contribution in [0.1, 0.15) is 12.5 Å². The number of rotatable bonds is 2. The summed E-state index contributed by atoms with van der Waals surface area (Å²) in [7, 11) is 0. The molecule has 1 atom stereocenters. The van der Waals surface area contributed by atoms with Crippen LogP contribution in [0.25, 0.3) is 0 Å². The van der Waals surface area contributed by atoms with Crippen molar-refractivity contribution in [3.8, 4) is 0 Å². The lowest BCUT2D eigenvalue weighted by atomic mass is 10.1. The molecule has 5 N–H and O–H groups in total. The number of hydrogen-bond donors (Lipinski definition) is 4. The molecule has 2 rings (SSSR count). The van der Waals surface area contributed by atoms with Crippen molar-refractivity contribution in [2.24, 2.45) is 10.7 Å². The standard InChI is InChI=1S/C10H15N5/c1-2-7-4-3-5-8(6-7)12-10-13-9(11)14-15-10/h3-6,9,14H,2,11H2,1H3,(H2,12,13,15). The fourth-order valence-corrected chi connectivity index (χ4v) is 1.42. The molecule has 1 aliphatic heterocycles. The first-order valence-electron chi connectivity index (χ1n) is 4.99. The number of aryl methyl sites for hydroxylation is 1. The second-order valence-electron chi connectivity index (χ2n) is 3.37. The van der Waals surface area contributed by atoms with E-state index in [0.29, 0.717) is 5.96 Å². The number of nitrogens with one attached hydrogen (secondary N) is 3. The third-order valence-corrected chi connectivity index (χ3v) is 2.20. The van der Waals surface area contributed by atoms with Gasteiger partial charge in [-0.3, -0.25) is 11.2 Å². The Morgan fingerprint density at radius 1 is 1.53 bits per heavy atom. The van der Waals surface area contributed by atoms with Gasteiger partial charge in [0.15, 0.2) is 6.29 Å². The molecule has 0 amide bonds. The van der Waals surface area contributed by atoms with Gasteiger partial charge in [-0.05, 0) is 24.1 Å². The average Bonchev–Trinajstić information content (AvgIpc) is 2.64. The number of aliphatic imine (C=N–C) groups is 1. The van der Waals surface area contributed by atoms with Crippen LogP contribution in [0.5, 0.6) is 0 Å². The fraction of sp³-hybridized carbons (Fsp3) is 0.300. The van der Waals surface area contributed by atoms with E-state index in [-0.39, 0.29) is 6.29 Å². The lowest BCUT2D eigenvalue weighted by Crippen LogP contribution is -2.41. The highest BCUT2D eigenvalue weighted by Crippen LogP contribution is 2.11. The van der Waals surface area contributed by atoms with Crippen LogP contribution in [0.15, 0.2) is 29.3 Å². The Hall–Kier alpha value is -1.59. The molecule has 0 saturated carbocycles. The molecule has 0 saturated heterocycles. The summed E-state index contributed by atoms with van der Waals surface area (Å²) < 4.78 is 0. The summed E-state index contributed by atoms with van der Waals surface area (Å²) in [6.45, 7) is 2.13. The Balaban J connectivity index is 2.07. The van der Waals surface area contributed by atoms with Gasteiger partial charge in [0.2, 0.25) is 5.96 Å². The summed E-state index contributed by atoms with van der Waals surface area (Å²) in [6.07, 6.45) is 0.648. The third-order valence-electron chi connectivity index (χ3n) is 2.20. The Labute approximate surface area is 88.7 Å². The minimum atomic E-state index is -0.373. The molecular weight excluding hydrogens is 190 g/mol. The zero-order chi connectivity index (χ0) is 10.7. The first-order chi connectivity index (χ1) is 7.28. The number of nitrogens with two attached hydrogens (primary N) is 1. The maximum atomic E-state index is 5.53. The number of anilines is 1. The van der Waals surface area contributed by atoms with Gasteiger partial charge in [-0.2, -0.15) is 5.43 Å².